The summed E-state index contributed by atoms with van der Waals surface area (Å²) in [5.74, 6) is 0.945. The van der Waals surface area contributed by atoms with Gasteiger partial charge in [0.15, 0.2) is 0 Å². The molecule has 110 valence electrons. The number of aromatic nitrogens is 1. The highest BCUT2D eigenvalue weighted by molar-refractivity contribution is 7.80. The van der Waals surface area contributed by atoms with E-state index in [2.05, 4.69) is 4.98 Å². The minimum atomic E-state index is 0.215. The first-order chi connectivity index (χ1) is 9.93. The average Bonchev–Trinajstić information content (AvgIpc) is 2.38. The fraction of sp³-hybridized carbons (Fsp3) is 0.250. The number of nitrogens with two attached hydrogens (primary N) is 1. The van der Waals surface area contributed by atoms with E-state index >= 15 is 0 Å². The summed E-state index contributed by atoms with van der Waals surface area (Å²) >= 11 is 5.18. The highest BCUT2D eigenvalue weighted by Gasteiger charge is 2.18. The van der Waals surface area contributed by atoms with Crippen LogP contribution in [0.2, 0.25) is 0 Å². The molecule has 5 heteroatoms. The summed E-state index contributed by atoms with van der Waals surface area (Å²) in [7, 11) is 0. The second kappa shape index (κ2) is 6.10. The molecular weight excluding hydrogens is 282 g/mol. The number of rotatable bonds is 4. The van der Waals surface area contributed by atoms with E-state index < -0.39 is 0 Å². The van der Waals surface area contributed by atoms with Gasteiger partial charge >= 0.3 is 0 Å². The Hall–Kier alpha value is -2.14. The Labute approximate surface area is 130 Å². The number of benzene rings is 1. The summed E-state index contributed by atoms with van der Waals surface area (Å²) in [6.45, 7) is 6.63. The summed E-state index contributed by atoms with van der Waals surface area (Å²) < 4.78 is 0. The summed E-state index contributed by atoms with van der Waals surface area (Å²) in [6.07, 6.45) is 0. The molecule has 0 amide bonds. The zero-order valence-electron chi connectivity index (χ0n) is 12.4. The van der Waals surface area contributed by atoms with E-state index in [0.717, 1.165) is 28.3 Å². The van der Waals surface area contributed by atoms with Gasteiger partial charge < -0.3 is 15.7 Å². The molecule has 0 bridgehead atoms. The Bertz CT molecular complexity index is 685. The number of hydrogen-bond acceptors (Lipinski definition) is 4. The second-order valence-electron chi connectivity index (χ2n) is 4.91. The Kier molecular flexibility index (Phi) is 4.43. The zero-order chi connectivity index (χ0) is 15.6. The van der Waals surface area contributed by atoms with Gasteiger partial charge in [-0.05, 0) is 44.5 Å². The van der Waals surface area contributed by atoms with E-state index in [0.29, 0.717) is 11.5 Å². The lowest BCUT2D eigenvalue weighted by molar-refractivity contribution is 0.475. The number of phenols is 1. The standard InChI is InChI=1S/C16H19N3OS/c1-4-19(12-6-5-7-13(20)9-12)16-14(15(17)21)10(2)8-11(3)18-16/h5-9,20H,4H2,1-3H3,(H2,17,21). The van der Waals surface area contributed by atoms with Crippen LogP contribution in [0.25, 0.3) is 0 Å². The van der Waals surface area contributed by atoms with Crippen molar-refractivity contribution in [2.45, 2.75) is 20.8 Å². The third-order valence-corrected chi connectivity index (χ3v) is 3.49. The highest BCUT2D eigenvalue weighted by atomic mass is 32.1. The topological polar surface area (TPSA) is 62.4 Å². The van der Waals surface area contributed by atoms with Crippen molar-refractivity contribution in [3.05, 3.63) is 47.2 Å². The lowest BCUT2D eigenvalue weighted by Crippen LogP contribution is -2.24. The van der Waals surface area contributed by atoms with Crippen LogP contribution in [0.3, 0.4) is 0 Å². The van der Waals surface area contributed by atoms with Crippen molar-refractivity contribution in [1.82, 2.24) is 4.98 Å². The van der Waals surface area contributed by atoms with Gasteiger partial charge in [0.05, 0.1) is 5.56 Å². The number of nitrogens with zero attached hydrogens (tertiary/aromatic N) is 2. The first-order valence-corrected chi connectivity index (χ1v) is 7.19. The van der Waals surface area contributed by atoms with E-state index in [1.165, 1.54) is 0 Å². The Morgan fingerprint density at radius 3 is 2.62 bits per heavy atom. The normalized spacial score (nSPS) is 10.4. The minimum absolute atomic E-state index is 0.215. The van der Waals surface area contributed by atoms with E-state index in [1.54, 1.807) is 18.2 Å². The molecule has 0 saturated carbocycles. The van der Waals surface area contributed by atoms with Crippen molar-refractivity contribution < 1.29 is 5.11 Å². The number of aromatic hydroxyl groups is 1. The third kappa shape index (κ3) is 3.13. The first-order valence-electron chi connectivity index (χ1n) is 6.78. The molecule has 0 unspecified atom stereocenters. The van der Waals surface area contributed by atoms with Crippen LogP contribution in [-0.2, 0) is 0 Å². The van der Waals surface area contributed by atoms with Crippen LogP contribution in [0.15, 0.2) is 30.3 Å². The number of thiocarbonyl (C=S) groups is 1. The lowest BCUT2D eigenvalue weighted by Gasteiger charge is -2.26. The van der Waals surface area contributed by atoms with Crippen molar-refractivity contribution in [3.63, 3.8) is 0 Å². The van der Waals surface area contributed by atoms with Gasteiger partial charge in [-0.2, -0.15) is 0 Å². The van der Waals surface area contributed by atoms with Crippen LogP contribution in [0.1, 0.15) is 23.7 Å². The number of anilines is 2. The Morgan fingerprint density at radius 2 is 2.05 bits per heavy atom. The quantitative estimate of drug-likeness (QED) is 0.849. The summed E-state index contributed by atoms with van der Waals surface area (Å²) in [4.78, 5) is 6.93. The fourth-order valence-electron chi connectivity index (χ4n) is 2.43. The average molecular weight is 301 g/mol. The Balaban J connectivity index is 2.65. The van der Waals surface area contributed by atoms with Crippen LogP contribution in [0.4, 0.5) is 11.5 Å². The zero-order valence-corrected chi connectivity index (χ0v) is 13.2. The number of hydrogen-bond donors (Lipinski definition) is 2. The van der Waals surface area contributed by atoms with Crippen molar-refractivity contribution in [1.29, 1.82) is 0 Å². The lowest BCUT2D eigenvalue weighted by atomic mass is 10.1. The molecule has 3 N–H and O–H groups in total. The third-order valence-electron chi connectivity index (χ3n) is 3.29. The smallest absolute Gasteiger partial charge is 0.143 e. The number of pyridine rings is 1. The van der Waals surface area contributed by atoms with Crippen molar-refractivity contribution >= 4 is 28.7 Å². The van der Waals surface area contributed by atoms with Gasteiger partial charge in [-0.3, -0.25) is 0 Å². The Morgan fingerprint density at radius 1 is 1.33 bits per heavy atom. The monoisotopic (exact) mass is 301 g/mol. The fourth-order valence-corrected chi connectivity index (χ4v) is 2.68. The molecule has 0 radical (unpaired) electrons. The molecule has 2 rings (SSSR count). The van der Waals surface area contributed by atoms with Crippen LogP contribution >= 0.6 is 12.2 Å². The number of aryl methyl sites for hydroxylation is 2. The second-order valence-corrected chi connectivity index (χ2v) is 5.35. The van der Waals surface area contributed by atoms with Crippen LogP contribution in [-0.4, -0.2) is 21.6 Å². The first kappa shape index (κ1) is 15.3. The molecule has 2 aromatic rings. The SMILES string of the molecule is CCN(c1cccc(O)c1)c1nc(C)cc(C)c1C(N)=S. The van der Waals surface area contributed by atoms with E-state index in [4.69, 9.17) is 18.0 Å². The molecule has 1 aromatic carbocycles. The highest BCUT2D eigenvalue weighted by Crippen LogP contribution is 2.30. The molecule has 1 heterocycles. The minimum Gasteiger partial charge on any atom is -0.508 e. The molecule has 4 nitrogen and oxygen atoms in total. The van der Waals surface area contributed by atoms with Gasteiger partial charge in [-0.25, -0.2) is 4.98 Å². The van der Waals surface area contributed by atoms with Crippen LogP contribution in [0, 0.1) is 13.8 Å². The maximum atomic E-state index is 9.69. The molecule has 0 aliphatic carbocycles. The van der Waals surface area contributed by atoms with Gasteiger partial charge in [-0.1, -0.05) is 18.3 Å². The van der Waals surface area contributed by atoms with Gasteiger partial charge in [-0.15, -0.1) is 0 Å². The molecule has 0 fully saturated rings. The summed E-state index contributed by atoms with van der Waals surface area (Å²) in [5, 5.41) is 9.69. The molecule has 0 aliphatic rings. The van der Waals surface area contributed by atoms with Gasteiger partial charge in [0, 0.05) is 24.0 Å². The van der Waals surface area contributed by atoms with E-state index in [-0.39, 0.29) is 5.75 Å². The van der Waals surface area contributed by atoms with Crippen molar-refractivity contribution in [2.75, 3.05) is 11.4 Å². The molecule has 0 spiro atoms. The maximum Gasteiger partial charge on any atom is 0.143 e. The van der Waals surface area contributed by atoms with E-state index in [9.17, 15) is 5.11 Å². The molecular formula is C16H19N3OS. The molecule has 0 aliphatic heterocycles. The largest absolute Gasteiger partial charge is 0.508 e. The van der Waals surface area contributed by atoms with Crippen LogP contribution < -0.4 is 10.6 Å². The molecule has 21 heavy (non-hydrogen) atoms. The molecule has 0 saturated heterocycles. The summed E-state index contributed by atoms with van der Waals surface area (Å²) in [6, 6.07) is 9.03. The number of phenolic OH excluding ortho intramolecular Hbond substituents is 1. The van der Waals surface area contributed by atoms with Gasteiger partial charge in [0.2, 0.25) is 0 Å². The predicted molar refractivity (Wildman–Crippen MR) is 90.4 cm³/mol. The molecule has 0 atom stereocenters. The molecule has 1 aromatic heterocycles. The van der Waals surface area contributed by atoms with Gasteiger partial charge in [0.1, 0.15) is 16.6 Å². The van der Waals surface area contributed by atoms with Crippen molar-refractivity contribution in [3.8, 4) is 5.75 Å². The summed E-state index contributed by atoms with van der Waals surface area (Å²) in [5.41, 5.74) is 9.42. The van der Waals surface area contributed by atoms with Gasteiger partial charge in [0.25, 0.3) is 0 Å². The maximum absolute atomic E-state index is 9.69. The van der Waals surface area contributed by atoms with E-state index in [1.807, 2.05) is 37.8 Å². The van der Waals surface area contributed by atoms with Crippen LogP contribution in [0.5, 0.6) is 5.75 Å². The van der Waals surface area contributed by atoms with Crippen molar-refractivity contribution in [2.24, 2.45) is 5.73 Å². The predicted octanol–water partition coefficient (Wildman–Crippen LogP) is 3.20.